The summed E-state index contributed by atoms with van der Waals surface area (Å²) in [7, 11) is 1.97. The molecule has 0 atom stereocenters. The normalized spacial score (nSPS) is 15.6. The number of likely N-dealkylation sites (tertiary alicyclic amines) is 1. The molecule has 1 amide bonds. The largest absolute Gasteiger partial charge is 0.337 e. The van der Waals surface area contributed by atoms with E-state index in [0.717, 1.165) is 49.6 Å². The number of nitrogens with zero attached hydrogens (tertiary/aromatic N) is 4. The number of carbonyl (C=O) groups excluding carboxylic acids is 1. The van der Waals surface area contributed by atoms with Crippen LogP contribution in [0.1, 0.15) is 18.7 Å². The molecular weight excluding hydrogens is 396 g/mol. The van der Waals surface area contributed by atoms with Gasteiger partial charge in [-0.15, -0.1) is 11.3 Å². The molecule has 29 heavy (non-hydrogen) atoms. The van der Waals surface area contributed by atoms with Crippen LogP contribution in [-0.2, 0) is 18.4 Å². The number of carbonyl (C=O) groups is 1. The number of benzene rings is 1. The second-order valence-corrected chi connectivity index (χ2v) is 7.99. The Bertz CT molecular complexity index is 990. The molecule has 0 spiro atoms. The maximum Gasteiger partial charge on any atom is 0.229 e. The standard InChI is InChI=1S/C20H21F2N5OS/c1-26-10-7-23-17(26)11-27-8-5-13(6-9-27)19(28)25-20-24-16(12-29-20)18-14(21)3-2-4-15(18)22/h2-4,7,10,12-13H,5-6,8-9,11H2,1H3,(H,24,25,28). The van der Waals surface area contributed by atoms with E-state index in [2.05, 4.69) is 20.2 Å². The summed E-state index contributed by atoms with van der Waals surface area (Å²) in [5.41, 5.74) is 0.0117. The van der Waals surface area contributed by atoms with Gasteiger partial charge in [-0.1, -0.05) is 6.07 Å². The Morgan fingerprint density at radius 2 is 2.00 bits per heavy atom. The molecule has 9 heteroatoms. The maximum absolute atomic E-state index is 13.9. The first-order valence-corrected chi connectivity index (χ1v) is 10.3. The number of amides is 1. The maximum atomic E-state index is 13.9. The van der Waals surface area contributed by atoms with Crippen LogP contribution >= 0.6 is 11.3 Å². The molecular formula is C20H21F2N5OS. The molecule has 3 heterocycles. The Hall–Kier alpha value is -2.65. The predicted octanol–water partition coefficient (Wildman–Crippen LogP) is 3.67. The first-order chi connectivity index (χ1) is 14.0. The van der Waals surface area contributed by atoms with Crippen molar-refractivity contribution in [2.75, 3.05) is 18.4 Å². The van der Waals surface area contributed by atoms with E-state index in [1.54, 1.807) is 11.6 Å². The molecule has 1 fully saturated rings. The number of hydrogen-bond donors (Lipinski definition) is 1. The molecule has 1 aliphatic rings. The summed E-state index contributed by atoms with van der Waals surface area (Å²) in [4.78, 5) is 23.4. The lowest BCUT2D eigenvalue weighted by molar-refractivity contribution is -0.121. The average molecular weight is 417 g/mol. The van der Waals surface area contributed by atoms with Gasteiger partial charge in [0.25, 0.3) is 0 Å². The van der Waals surface area contributed by atoms with E-state index < -0.39 is 11.6 Å². The van der Waals surface area contributed by atoms with E-state index in [-0.39, 0.29) is 23.1 Å². The van der Waals surface area contributed by atoms with E-state index >= 15 is 0 Å². The van der Waals surface area contributed by atoms with Crippen molar-refractivity contribution in [3.05, 3.63) is 53.4 Å². The van der Waals surface area contributed by atoms with Crippen LogP contribution in [-0.4, -0.2) is 38.4 Å². The summed E-state index contributed by atoms with van der Waals surface area (Å²) in [6.45, 7) is 2.39. The van der Waals surface area contributed by atoms with Crippen LogP contribution < -0.4 is 5.32 Å². The third kappa shape index (κ3) is 4.35. The van der Waals surface area contributed by atoms with E-state index in [0.29, 0.717) is 5.13 Å². The molecule has 0 unspecified atom stereocenters. The second-order valence-electron chi connectivity index (χ2n) is 7.13. The van der Waals surface area contributed by atoms with Crippen molar-refractivity contribution >= 4 is 22.4 Å². The molecule has 3 aromatic rings. The van der Waals surface area contributed by atoms with Gasteiger partial charge in [0.15, 0.2) is 5.13 Å². The molecule has 1 N–H and O–H groups in total. The van der Waals surface area contributed by atoms with Gasteiger partial charge in [0.1, 0.15) is 17.5 Å². The van der Waals surface area contributed by atoms with Crippen molar-refractivity contribution in [2.45, 2.75) is 19.4 Å². The zero-order valence-electron chi connectivity index (χ0n) is 15.9. The van der Waals surface area contributed by atoms with Crippen LogP contribution in [0.25, 0.3) is 11.3 Å². The van der Waals surface area contributed by atoms with Gasteiger partial charge in [0.2, 0.25) is 5.91 Å². The van der Waals surface area contributed by atoms with Crippen molar-refractivity contribution in [1.82, 2.24) is 19.4 Å². The number of hydrogen-bond acceptors (Lipinski definition) is 5. The van der Waals surface area contributed by atoms with E-state index in [9.17, 15) is 13.6 Å². The van der Waals surface area contributed by atoms with E-state index in [4.69, 9.17) is 0 Å². The summed E-state index contributed by atoms with van der Waals surface area (Å²) in [6.07, 6.45) is 5.20. The molecule has 1 aliphatic heterocycles. The summed E-state index contributed by atoms with van der Waals surface area (Å²) in [6, 6.07) is 3.69. The third-order valence-corrected chi connectivity index (χ3v) is 5.96. The monoisotopic (exact) mass is 417 g/mol. The van der Waals surface area contributed by atoms with E-state index in [1.807, 2.05) is 17.8 Å². The molecule has 1 aromatic carbocycles. The topological polar surface area (TPSA) is 63.1 Å². The smallest absolute Gasteiger partial charge is 0.229 e. The Balaban J connectivity index is 1.34. The first kappa shape index (κ1) is 19.7. The zero-order chi connectivity index (χ0) is 20.4. The molecule has 0 saturated carbocycles. The highest BCUT2D eigenvalue weighted by atomic mass is 32.1. The van der Waals surface area contributed by atoms with Gasteiger partial charge in [0.05, 0.1) is 17.8 Å². The molecule has 0 aliphatic carbocycles. The highest BCUT2D eigenvalue weighted by molar-refractivity contribution is 7.14. The number of imidazole rings is 1. The molecule has 0 radical (unpaired) electrons. The Kier molecular flexibility index (Phi) is 5.68. The first-order valence-electron chi connectivity index (χ1n) is 9.40. The summed E-state index contributed by atoms with van der Waals surface area (Å²) in [5.74, 6) is -0.549. The molecule has 2 aromatic heterocycles. The number of anilines is 1. The van der Waals surface area contributed by atoms with E-state index in [1.165, 1.54) is 18.2 Å². The lowest BCUT2D eigenvalue weighted by Gasteiger charge is -2.30. The summed E-state index contributed by atoms with van der Waals surface area (Å²) in [5, 5.41) is 4.70. The summed E-state index contributed by atoms with van der Waals surface area (Å²) >= 11 is 1.16. The minimum Gasteiger partial charge on any atom is -0.337 e. The van der Waals surface area contributed by atoms with Crippen LogP contribution in [0.3, 0.4) is 0 Å². The number of halogens is 2. The van der Waals surface area contributed by atoms with Crippen molar-refractivity contribution in [3.8, 4) is 11.3 Å². The highest BCUT2D eigenvalue weighted by Gasteiger charge is 2.26. The predicted molar refractivity (Wildman–Crippen MR) is 107 cm³/mol. The van der Waals surface area contributed by atoms with Gasteiger partial charge in [0, 0.05) is 30.7 Å². The van der Waals surface area contributed by atoms with Gasteiger partial charge in [-0.2, -0.15) is 0 Å². The van der Waals surface area contributed by atoms with Gasteiger partial charge in [-0.05, 0) is 38.1 Å². The van der Waals surface area contributed by atoms with Crippen LogP contribution in [0.2, 0.25) is 0 Å². The van der Waals surface area contributed by atoms with Crippen LogP contribution in [0.15, 0.2) is 36.0 Å². The van der Waals surface area contributed by atoms with Crippen molar-refractivity contribution in [2.24, 2.45) is 13.0 Å². The lowest BCUT2D eigenvalue weighted by Crippen LogP contribution is -2.38. The van der Waals surface area contributed by atoms with Crippen LogP contribution in [0.5, 0.6) is 0 Å². The minimum absolute atomic E-state index is 0.100. The fourth-order valence-corrected chi connectivity index (χ4v) is 4.20. The fourth-order valence-electron chi connectivity index (χ4n) is 3.50. The summed E-state index contributed by atoms with van der Waals surface area (Å²) < 4.78 is 29.8. The number of aryl methyl sites for hydroxylation is 1. The lowest BCUT2D eigenvalue weighted by atomic mass is 9.96. The van der Waals surface area contributed by atoms with Crippen molar-refractivity contribution in [1.29, 1.82) is 0 Å². The number of rotatable bonds is 5. The Labute approximate surface area is 171 Å². The van der Waals surface area contributed by atoms with Gasteiger partial charge in [-0.25, -0.2) is 18.7 Å². The van der Waals surface area contributed by atoms with Gasteiger partial charge in [-0.3, -0.25) is 9.69 Å². The molecule has 6 nitrogen and oxygen atoms in total. The fraction of sp³-hybridized carbons (Fsp3) is 0.350. The van der Waals surface area contributed by atoms with Gasteiger partial charge < -0.3 is 9.88 Å². The second kappa shape index (κ2) is 8.38. The van der Waals surface area contributed by atoms with Crippen molar-refractivity contribution in [3.63, 3.8) is 0 Å². The molecule has 0 bridgehead atoms. The molecule has 1 saturated heterocycles. The SMILES string of the molecule is Cn1ccnc1CN1CCC(C(=O)Nc2nc(-c3c(F)cccc3F)cs2)CC1. The van der Waals surface area contributed by atoms with Crippen LogP contribution in [0.4, 0.5) is 13.9 Å². The number of thiazole rings is 1. The number of nitrogens with one attached hydrogen (secondary N) is 1. The Morgan fingerprint density at radius 3 is 2.66 bits per heavy atom. The Morgan fingerprint density at radius 1 is 1.28 bits per heavy atom. The van der Waals surface area contributed by atoms with Crippen molar-refractivity contribution < 1.29 is 13.6 Å². The number of aromatic nitrogens is 3. The molecule has 152 valence electrons. The number of piperidine rings is 1. The highest BCUT2D eigenvalue weighted by Crippen LogP contribution is 2.30. The van der Waals surface area contributed by atoms with Crippen LogP contribution in [0, 0.1) is 17.6 Å². The zero-order valence-corrected chi connectivity index (χ0v) is 16.8. The quantitative estimate of drug-likeness (QED) is 0.688. The third-order valence-electron chi connectivity index (χ3n) is 5.20. The molecule has 4 rings (SSSR count). The minimum atomic E-state index is -0.673. The van der Waals surface area contributed by atoms with Gasteiger partial charge >= 0.3 is 0 Å². The average Bonchev–Trinajstić information content (AvgIpc) is 3.31.